The van der Waals surface area contributed by atoms with Crippen LogP contribution in [0, 0.1) is 0 Å². The molecule has 1 N–H and O–H groups in total. The van der Waals surface area contributed by atoms with Gasteiger partial charge in [-0.25, -0.2) is 4.68 Å². The summed E-state index contributed by atoms with van der Waals surface area (Å²) in [5, 5.41) is 8.54. The largest absolute Gasteiger partial charge is 0.497 e. The van der Waals surface area contributed by atoms with E-state index in [1.165, 1.54) is 5.56 Å². The van der Waals surface area contributed by atoms with Crippen LogP contribution in [0.25, 0.3) is 16.9 Å². The number of nitrogens with one attached hydrogen (secondary N) is 1. The molecule has 0 amide bonds. The summed E-state index contributed by atoms with van der Waals surface area (Å²) in [6.45, 7) is 2.92. The summed E-state index contributed by atoms with van der Waals surface area (Å²) in [4.78, 5) is 4.21. The molecule has 0 unspecified atom stereocenters. The van der Waals surface area contributed by atoms with Gasteiger partial charge in [-0.1, -0.05) is 36.4 Å². The lowest BCUT2D eigenvalue weighted by Gasteiger charge is -2.14. The number of hydrogen-bond donors (Lipinski definition) is 1. The maximum atomic E-state index is 5.42. The second kappa shape index (κ2) is 9.37. The smallest absolute Gasteiger partial charge is 0.119 e. The van der Waals surface area contributed by atoms with Gasteiger partial charge in [-0.05, 0) is 49.2 Å². The van der Waals surface area contributed by atoms with Crippen molar-refractivity contribution in [2.24, 2.45) is 0 Å². The molecule has 0 aliphatic rings. The number of pyridine rings is 1. The van der Waals surface area contributed by atoms with E-state index >= 15 is 0 Å². The van der Waals surface area contributed by atoms with E-state index < -0.39 is 0 Å². The van der Waals surface area contributed by atoms with Gasteiger partial charge < -0.3 is 10.1 Å². The highest BCUT2D eigenvalue weighted by atomic mass is 16.5. The fourth-order valence-corrected chi connectivity index (χ4v) is 3.49. The van der Waals surface area contributed by atoms with Crippen molar-refractivity contribution in [3.05, 3.63) is 96.4 Å². The quantitative estimate of drug-likeness (QED) is 0.469. The fourth-order valence-electron chi connectivity index (χ4n) is 3.49. The van der Waals surface area contributed by atoms with Gasteiger partial charge in [0, 0.05) is 42.3 Å². The Hall–Kier alpha value is -3.44. The Morgan fingerprint density at radius 3 is 2.67 bits per heavy atom. The second-order valence-electron chi connectivity index (χ2n) is 7.36. The Bertz CT molecular complexity index is 1080. The zero-order valence-electron chi connectivity index (χ0n) is 17.3. The van der Waals surface area contributed by atoms with Gasteiger partial charge in [0.25, 0.3) is 0 Å². The predicted octanol–water partition coefficient (Wildman–Crippen LogP) is 4.66. The normalized spacial score (nSPS) is 11.9. The summed E-state index contributed by atoms with van der Waals surface area (Å²) >= 11 is 0. The molecule has 4 aromatic rings. The first kappa shape index (κ1) is 19.9. The number of ether oxygens (including phenoxy) is 1. The first-order chi connectivity index (χ1) is 14.7. The van der Waals surface area contributed by atoms with Crippen LogP contribution in [-0.2, 0) is 13.0 Å². The van der Waals surface area contributed by atoms with Crippen LogP contribution in [0.4, 0.5) is 0 Å². The van der Waals surface area contributed by atoms with E-state index in [2.05, 4.69) is 47.7 Å². The molecule has 0 saturated heterocycles. The summed E-state index contributed by atoms with van der Waals surface area (Å²) in [6, 6.07) is 22.6. The molecule has 0 radical (unpaired) electrons. The molecule has 4 rings (SSSR count). The molecule has 30 heavy (non-hydrogen) atoms. The van der Waals surface area contributed by atoms with Crippen LogP contribution >= 0.6 is 0 Å². The zero-order valence-corrected chi connectivity index (χ0v) is 17.3. The number of nitrogens with zero attached hydrogens (tertiary/aromatic N) is 3. The summed E-state index contributed by atoms with van der Waals surface area (Å²) in [6.07, 6.45) is 6.76. The molecule has 0 aliphatic carbocycles. The molecule has 0 saturated carbocycles. The van der Waals surface area contributed by atoms with E-state index in [-0.39, 0.29) is 0 Å². The van der Waals surface area contributed by atoms with Crippen molar-refractivity contribution in [3.63, 3.8) is 0 Å². The van der Waals surface area contributed by atoms with Crippen molar-refractivity contribution in [2.45, 2.75) is 25.9 Å². The number of para-hydroxylation sites is 1. The van der Waals surface area contributed by atoms with Crippen LogP contribution in [0.3, 0.4) is 0 Å². The summed E-state index contributed by atoms with van der Waals surface area (Å²) in [5.74, 6) is 0.825. The first-order valence-corrected chi connectivity index (χ1v) is 10.1. The second-order valence-corrected chi connectivity index (χ2v) is 7.36. The highest BCUT2D eigenvalue weighted by Gasteiger charge is 2.14. The molecule has 0 spiro atoms. The molecular formula is C25H26N4O. The minimum Gasteiger partial charge on any atom is -0.497 e. The molecule has 0 aliphatic heterocycles. The zero-order chi connectivity index (χ0) is 20.8. The third-order valence-electron chi connectivity index (χ3n) is 5.06. The number of methoxy groups -OCH3 is 1. The maximum absolute atomic E-state index is 5.42. The number of benzene rings is 2. The van der Waals surface area contributed by atoms with Crippen LogP contribution in [0.5, 0.6) is 5.75 Å². The average molecular weight is 399 g/mol. The van der Waals surface area contributed by atoms with Gasteiger partial charge in [0.15, 0.2) is 0 Å². The van der Waals surface area contributed by atoms with Crippen LogP contribution in [0.1, 0.15) is 18.1 Å². The van der Waals surface area contributed by atoms with Crippen molar-refractivity contribution in [1.82, 2.24) is 20.1 Å². The minimum absolute atomic E-state index is 0.312. The van der Waals surface area contributed by atoms with E-state index in [0.717, 1.165) is 41.2 Å². The van der Waals surface area contributed by atoms with E-state index in [1.54, 1.807) is 13.3 Å². The van der Waals surface area contributed by atoms with E-state index in [9.17, 15) is 0 Å². The standard InChI is InChI=1S/C25H26N4O/c1-19(14-20-8-7-13-26-16-20)27-17-22-18-29(23-10-4-3-5-11-23)28-25(22)21-9-6-12-24(15-21)30-2/h3-13,15-16,18-19,27H,14,17H2,1-2H3/t19-/m1/s1. The van der Waals surface area contributed by atoms with Crippen LogP contribution in [-0.4, -0.2) is 27.9 Å². The van der Waals surface area contributed by atoms with E-state index in [0.29, 0.717) is 6.04 Å². The Morgan fingerprint density at radius 2 is 1.90 bits per heavy atom. The van der Waals surface area contributed by atoms with Gasteiger partial charge in [0.1, 0.15) is 5.75 Å². The monoisotopic (exact) mass is 398 g/mol. The van der Waals surface area contributed by atoms with Gasteiger partial charge in [0.2, 0.25) is 0 Å². The van der Waals surface area contributed by atoms with Crippen LogP contribution in [0.2, 0.25) is 0 Å². The third kappa shape index (κ3) is 4.75. The molecule has 0 bridgehead atoms. The molecule has 1 atom stereocenters. The van der Waals surface area contributed by atoms with Crippen LogP contribution < -0.4 is 10.1 Å². The fraction of sp³-hybridized carbons (Fsp3) is 0.200. The van der Waals surface area contributed by atoms with Crippen molar-refractivity contribution >= 4 is 0 Å². The Morgan fingerprint density at radius 1 is 1.03 bits per heavy atom. The molecule has 0 fully saturated rings. The molecule has 5 heteroatoms. The van der Waals surface area contributed by atoms with E-state index in [1.807, 2.05) is 53.3 Å². The Balaban J connectivity index is 1.59. The van der Waals surface area contributed by atoms with Gasteiger partial charge in [-0.3, -0.25) is 4.98 Å². The van der Waals surface area contributed by atoms with Crippen molar-refractivity contribution in [2.75, 3.05) is 7.11 Å². The van der Waals surface area contributed by atoms with Crippen molar-refractivity contribution in [3.8, 4) is 22.7 Å². The SMILES string of the molecule is COc1cccc(-c2nn(-c3ccccc3)cc2CN[C@H](C)Cc2cccnc2)c1. The summed E-state index contributed by atoms with van der Waals surface area (Å²) in [5.41, 5.74) is 5.41. The lowest BCUT2D eigenvalue weighted by molar-refractivity contribution is 0.415. The highest BCUT2D eigenvalue weighted by Crippen LogP contribution is 2.27. The Labute approximate surface area is 177 Å². The number of hydrogen-bond acceptors (Lipinski definition) is 4. The van der Waals surface area contributed by atoms with Gasteiger partial charge >= 0.3 is 0 Å². The molecule has 5 nitrogen and oxygen atoms in total. The molecular weight excluding hydrogens is 372 g/mol. The molecule has 152 valence electrons. The van der Waals surface area contributed by atoms with Crippen molar-refractivity contribution in [1.29, 1.82) is 0 Å². The lowest BCUT2D eigenvalue weighted by Crippen LogP contribution is -2.27. The topological polar surface area (TPSA) is 52.0 Å². The molecule has 2 aromatic carbocycles. The summed E-state index contributed by atoms with van der Waals surface area (Å²) in [7, 11) is 1.68. The van der Waals surface area contributed by atoms with Crippen molar-refractivity contribution < 1.29 is 4.74 Å². The maximum Gasteiger partial charge on any atom is 0.119 e. The van der Waals surface area contributed by atoms with Gasteiger partial charge in [-0.2, -0.15) is 5.10 Å². The first-order valence-electron chi connectivity index (χ1n) is 10.1. The highest BCUT2D eigenvalue weighted by molar-refractivity contribution is 5.65. The van der Waals surface area contributed by atoms with Gasteiger partial charge in [-0.15, -0.1) is 0 Å². The predicted molar refractivity (Wildman–Crippen MR) is 120 cm³/mol. The summed E-state index contributed by atoms with van der Waals surface area (Å²) < 4.78 is 7.36. The Kier molecular flexibility index (Phi) is 6.20. The number of aromatic nitrogens is 3. The van der Waals surface area contributed by atoms with Crippen LogP contribution in [0.15, 0.2) is 85.3 Å². The minimum atomic E-state index is 0.312. The lowest BCUT2D eigenvalue weighted by atomic mass is 10.1. The average Bonchev–Trinajstić information content (AvgIpc) is 3.23. The molecule has 2 heterocycles. The molecule has 2 aromatic heterocycles. The number of rotatable bonds is 8. The third-order valence-corrected chi connectivity index (χ3v) is 5.06. The van der Waals surface area contributed by atoms with Gasteiger partial charge in [0.05, 0.1) is 18.5 Å². The van der Waals surface area contributed by atoms with E-state index in [4.69, 9.17) is 9.84 Å².